The summed E-state index contributed by atoms with van der Waals surface area (Å²) in [5.74, 6) is 0.777. The number of benzene rings is 1. The van der Waals surface area contributed by atoms with Gasteiger partial charge in [0.15, 0.2) is 0 Å². The standard InChI is InChI=1S/C17H22N4O3S/c1-19-11-8-18-16(19)14-4-6-15(7-5-14)17(22)20-9-3-10-21(13-12-20)25(2,23)24/h4-8,11H,3,9-10,12-13H2,1-2H3. The van der Waals surface area contributed by atoms with Crippen molar-refractivity contribution in [2.45, 2.75) is 6.42 Å². The predicted molar refractivity (Wildman–Crippen MR) is 95.6 cm³/mol. The minimum Gasteiger partial charge on any atom is -0.337 e. The molecule has 1 aliphatic rings. The van der Waals surface area contributed by atoms with Crippen molar-refractivity contribution in [1.82, 2.24) is 18.8 Å². The Morgan fingerprint density at radius 1 is 1.08 bits per heavy atom. The van der Waals surface area contributed by atoms with Crippen LogP contribution >= 0.6 is 0 Å². The number of carbonyl (C=O) groups is 1. The number of aromatic nitrogens is 2. The monoisotopic (exact) mass is 362 g/mol. The van der Waals surface area contributed by atoms with Gasteiger partial charge in [-0.15, -0.1) is 0 Å². The molecule has 7 nitrogen and oxygen atoms in total. The number of amides is 1. The van der Waals surface area contributed by atoms with Gasteiger partial charge in [-0.2, -0.15) is 0 Å². The molecule has 1 aromatic heterocycles. The lowest BCUT2D eigenvalue weighted by Crippen LogP contribution is -2.36. The van der Waals surface area contributed by atoms with E-state index >= 15 is 0 Å². The average Bonchev–Trinajstić information content (AvgIpc) is 2.84. The van der Waals surface area contributed by atoms with Gasteiger partial charge in [-0.3, -0.25) is 4.79 Å². The molecule has 1 saturated heterocycles. The SMILES string of the molecule is Cn1ccnc1-c1ccc(C(=O)N2CCCN(S(C)(=O)=O)CC2)cc1. The Bertz CT molecular complexity index is 858. The maximum atomic E-state index is 12.7. The van der Waals surface area contributed by atoms with Crippen LogP contribution in [0.3, 0.4) is 0 Å². The van der Waals surface area contributed by atoms with E-state index < -0.39 is 10.0 Å². The van der Waals surface area contributed by atoms with Crippen LogP contribution in [0.1, 0.15) is 16.8 Å². The zero-order chi connectivity index (χ0) is 18.0. The first-order valence-electron chi connectivity index (χ1n) is 8.18. The Labute approximate surface area is 147 Å². The molecule has 25 heavy (non-hydrogen) atoms. The molecule has 1 aliphatic heterocycles. The molecule has 2 aromatic rings. The van der Waals surface area contributed by atoms with Gasteiger partial charge in [-0.05, 0) is 18.6 Å². The van der Waals surface area contributed by atoms with Crippen LogP contribution in [0.4, 0.5) is 0 Å². The van der Waals surface area contributed by atoms with Crippen LogP contribution in [0.25, 0.3) is 11.4 Å². The highest BCUT2D eigenvalue weighted by Crippen LogP contribution is 2.18. The third-order valence-corrected chi connectivity index (χ3v) is 5.73. The minimum atomic E-state index is -3.21. The lowest BCUT2D eigenvalue weighted by atomic mass is 10.1. The van der Waals surface area contributed by atoms with Gasteiger partial charge in [0, 0.05) is 56.7 Å². The summed E-state index contributed by atoms with van der Waals surface area (Å²) in [6.07, 6.45) is 5.46. The quantitative estimate of drug-likeness (QED) is 0.822. The van der Waals surface area contributed by atoms with Crippen molar-refractivity contribution in [2.75, 3.05) is 32.4 Å². The Hall–Kier alpha value is -2.19. The fourth-order valence-electron chi connectivity index (χ4n) is 3.02. The molecule has 3 rings (SSSR count). The Morgan fingerprint density at radius 3 is 2.40 bits per heavy atom. The van der Waals surface area contributed by atoms with Gasteiger partial charge >= 0.3 is 0 Å². The number of aryl methyl sites for hydroxylation is 1. The highest BCUT2D eigenvalue weighted by atomic mass is 32.2. The summed E-state index contributed by atoms with van der Waals surface area (Å²) >= 11 is 0. The third-order valence-electron chi connectivity index (χ3n) is 4.42. The van der Waals surface area contributed by atoms with Gasteiger partial charge in [0.25, 0.3) is 5.91 Å². The molecule has 1 aromatic carbocycles. The first-order valence-corrected chi connectivity index (χ1v) is 10.0. The van der Waals surface area contributed by atoms with Gasteiger partial charge in [0.2, 0.25) is 10.0 Å². The highest BCUT2D eigenvalue weighted by Gasteiger charge is 2.24. The fourth-order valence-corrected chi connectivity index (χ4v) is 3.89. The van der Waals surface area contributed by atoms with E-state index in [0.717, 1.165) is 11.4 Å². The summed E-state index contributed by atoms with van der Waals surface area (Å²) in [4.78, 5) is 18.7. The van der Waals surface area contributed by atoms with Crippen molar-refractivity contribution < 1.29 is 13.2 Å². The number of hydrogen-bond acceptors (Lipinski definition) is 4. The molecule has 0 unspecified atom stereocenters. The molecule has 0 aliphatic carbocycles. The van der Waals surface area contributed by atoms with Crippen LogP contribution in [-0.4, -0.2) is 65.5 Å². The second-order valence-electron chi connectivity index (χ2n) is 6.25. The van der Waals surface area contributed by atoms with Crippen LogP contribution in [0.5, 0.6) is 0 Å². The molecule has 0 atom stereocenters. The molecule has 134 valence electrons. The third kappa shape index (κ3) is 3.91. The van der Waals surface area contributed by atoms with E-state index in [4.69, 9.17) is 0 Å². The summed E-state index contributed by atoms with van der Waals surface area (Å²) in [6.45, 7) is 1.77. The van der Waals surface area contributed by atoms with E-state index in [-0.39, 0.29) is 5.91 Å². The molecule has 8 heteroatoms. The maximum Gasteiger partial charge on any atom is 0.253 e. The molecule has 1 amide bonds. The van der Waals surface area contributed by atoms with Gasteiger partial charge in [0.1, 0.15) is 5.82 Å². The molecule has 0 N–H and O–H groups in total. The molecule has 0 radical (unpaired) electrons. The van der Waals surface area contributed by atoms with E-state index in [1.165, 1.54) is 10.6 Å². The number of carbonyl (C=O) groups excluding carboxylic acids is 1. The number of nitrogens with zero attached hydrogens (tertiary/aromatic N) is 4. The molecular weight excluding hydrogens is 340 g/mol. The molecule has 0 bridgehead atoms. The summed E-state index contributed by atoms with van der Waals surface area (Å²) in [5.41, 5.74) is 1.55. The maximum absolute atomic E-state index is 12.7. The number of imidazole rings is 1. The van der Waals surface area contributed by atoms with Gasteiger partial charge in [-0.1, -0.05) is 12.1 Å². The van der Waals surface area contributed by atoms with E-state index in [2.05, 4.69) is 4.98 Å². The van der Waals surface area contributed by atoms with Crippen LogP contribution in [0.2, 0.25) is 0 Å². The van der Waals surface area contributed by atoms with Crippen LogP contribution in [0, 0.1) is 0 Å². The van der Waals surface area contributed by atoms with Crippen molar-refractivity contribution in [2.24, 2.45) is 7.05 Å². The lowest BCUT2D eigenvalue weighted by molar-refractivity contribution is 0.0764. The lowest BCUT2D eigenvalue weighted by Gasteiger charge is -2.21. The van der Waals surface area contributed by atoms with Crippen molar-refractivity contribution in [3.63, 3.8) is 0 Å². The van der Waals surface area contributed by atoms with Crippen molar-refractivity contribution in [3.05, 3.63) is 42.2 Å². The van der Waals surface area contributed by atoms with Crippen LogP contribution in [0.15, 0.2) is 36.7 Å². The predicted octanol–water partition coefficient (Wildman–Crippen LogP) is 1.19. The van der Waals surface area contributed by atoms with Crippen molar-refractivity contribution in [3.8, 4) is 11.4 Å². The summed E-state index contributed by atoms with van der Waals surface area (Å²) in [7, 11) is -1.29. The first-order chi connectivity index (χ1) is 11.9. The second-order valence-corrected chi connectivity index (χ2v) is 8.23. The van der Waals surface area contributed by atoms with Crippen LogP contribution < -0.4 is 0 Å². The fraction of sp³-hybridized carbons (Fsp3) is 0.412. The van der Waals surface area contributed by atoms with Gasteiger partial charge in [0.05, 0.1) is 6.26 Å². The van der Waals surface area contributed by atoms with Gasteiger partial charge < -0.3 is 9.47 Å². The smallest absolute Gasteiger partial charge is 0.253 e. The van der Waals surface area contributed by atoms with Gasteiger partial charge in [-0.25, -0.2) is 17.7 Å². The van der Waals surface area contributed by atoms with E-state index in [0.29, 0.717) is 38.2 Å². The Balaban J connectivity index is 1.72. The molecule has 0 saturated carbocycles. The molecule has 0 spiro atoms. The minimum absolute atomic E-state index is 0.0678. The first kappa shape index (κ1) is 17.6. The van der Waals surface area contributed by atoms with E-state index in [1.54, 1.807) is 23.2 Å². The summed E-state index contributed by atoms with van der Waals surface area (Å²) < 4.78 is 26.7. The normalized spacial score (nSPS) is 16.6. The largest absolute Gasteiger partial charge is 0.337 e. The van der Waals surface area contributed by atoms with Crippen LogP contribution in [-0.2, 0) is 17.1 Å². The van der Waals surface area contributed by atoms with Crippen molar-refractivity contribution >= 4 is 15.9 Å². The highest BCUT2D eigenvalue weighted by molar-refractivity contribution is 7.88. The average molecular weight is 362 g/mol. The zero-order valence-electron chi connectivity index (χ0n) is 14.4. The second kappa shape index (κ2) is 6.97. The number of rotatable bonds is 3. The topological polar surface area (TPSA) is 75.5 Å². The summed E-state index contributed by atoms with van der Waals surface area (Å²) in [6, 6.07) is 7.36. The van der Waals surface area contributed by atoms with Crippen molar-refractivity contribution in [1.29, 1.82) is 0 Å². The molecule has 2 heterocycles. The van der Waals surface area contributed by atoms with E-state index in [1.807, 2.05) is 29.9 Å². The number of hydrogen-bond donors (Lipinski definition) is 0. The Kier molecular flexibility index (Phi) is 4.91. The number of sulfonamides is 1. The Morgan fingerprint density at radius 2 is 1.80 bits per heavy atom. The summed E-state index contributed by atoms with van der Waals surface area (Å²) in [5, 5.41) is 0. The molecular formula is C17H22N4O3S. The zero-order valence-corrected chi connectivity index (χ0v) is 15.2. The molecule has 1 fully saturated rings. The van der Waals surface area contributed by atoms with E-state index in [9.17, 15) is 13.2 Å².